The fraction of sp³-hybridized carbons (Fsp3) is 0.364. The Morgan fingerprint density at radius 2 is 1.81 bits per heavy atom. The monoisotopic (exact) mass is 421 g/mol. The Hall–Kier alpha value is -3.80. The van der Waals surface area contributed by atoms with E-state index in [1.807, 2.05) is 30.3 Å². The first-order valence-corrected chi connectivity index (χ1v) is 10.1. The molecule has 1 aliphatic heterocycles. The number of pyridine rings is 1. The molecule has 2 aromatic rings. The minimum Gasteiger partial charge on any atom is -0.370 e. The van der Waals surface area contributed by atoms with E-state index in [1.54, 1.807) is 25.2 Å². The molecule has 0 atom stereocenters. The molecule has 0 bridgehead atoms. The molecule has 1 saturated heterocycles. The fourth-order valence-electron chi connectivity index (χ4n) is 3.62. The molecular weight excluding hydrogens is 394 g/mol. The second-order valence-corrected chi connectivity index (χ2v) is 7.56. The summed E-state index contributed by atoms with van der Waals surface area (Å²) in [7, 11) is 3.48. The number of nitrogens with two attached hydrogens (primary N) is 1. The lowest BCUT2D eigenvalue weighted by Gasteiger charge is -2.26. The van der Waals surface area contributed by atoms with Crippen LogP contribution in [0.3, 0.4) is 0 Å². The summed E-state index contributed by atoms with van der Waals surface area (Å²) in [5.74, 6) is -0.170. The second-order valence-electron chi connectivity index (χ2n) is 7.56. The van der Waals surface area contributed by atoms with Crippen LogP contribution in [0, 0.1) is 11.3 Å². The molecule has 9 heteroatoms. The first-order valence-electron chi connectivity index (χ1n) is 10.1. The van der Waals surface area contributed by atoms with Gasteiger partial charge in [-0.3, -0.25) is 9.59 Å². The van der Waals surface area contributed by atoms with Gasteiger partial charge in [0, 0.05) is 57.7 Å². The van der Waals surface area contributed by atoms with E-state index < -0.39 is 5.91 Å². The van der Waals surface area contributed by atoms with Gasteiger partial charge in [0.2, 0.25) is 5.91 Å². The molecule has 31 heavy (non-hydrogen) atoms. The number of anilines is 3. The molecule has 1 aliphatic rings. The Morgan fingerprint density at radius 1 is 1.13 bits per heavy atom. The molecule has 9 nitrogen and oxygen atoms in total. The zero-order valence-electron chi connectivity index (χ0n) is 17.8. The van der Waals surface area contributed by atoms with Crippen LogP contribution in [0.15, 0.2) is 36.5 Å². The number of carbonyl (C=O) groups excluding carboxylic acids is 2. The summed E-state index contributed by atoms with van der Waals surface area (Å²) in [6.45, 7) is 3.09. The van der Waals surface area contributed by atoms with Crippen LogP contribution in [-0.4, -0.2) is 68.5 Å². The van der Waals surface area contributed by atoms with Crippen molar-refractivity contribution in [3.63, 3.8) is 0 Å². The number of primary amides is 1. The van der Waals surface area contributed by atoms with Crippen LogP contribution in [0.5, 0.6) is 0 Å². The highest BCUT2D eigenvalue weighted by molar-refractivity contribution is 5.94. The summed E-state index contributed by atoms with van der Waals surface area (Å²) in [6.07, 6.45) is 2.54. The number of hydrogen-bond donors (Lipinski definition) is 2. The molecule has 2 amide bonds. The molecule has 1 aromatic carbocycles. The van der Waals surface area contributed by atoms with Crippen molar-refractivity contribution in [2.75, 3.05) is 61.9 Å². The SMILES string of the molecule is CN(C)C(=O)c1ccc(N2CCCN(c3ccnc(NCC(N)=O)c3C#N)CC2)cc1. The van der Waals surface area contributed by atoms with E-state index in [-0.39, 0.29) is 12.5 Å². The third-order valence-electron chi connectivity index (χ3n) is 5.19. The van der Waals surface area contributed by atoms with Gasteiger partial charge in [0.05, 0.1) is 12.2 Å². The molecule has 0 unspecified atom stereocenters. The van der Waals surface area contributed by atoms with Crippen molar-refractivity contribution in [1.82, 2.24) is 9.88 Å². The molecule has 1 aromatic heterocycles. The number of hydrogen-bond acceptors (Lipinski definition) is 7. The zero-order chi connectivity index (χ0) is 22.4. The largest absolute Gasteiger partial charge is 0.370 e. The maximum atomic E-state index is 12.1. The number of carbonyl (C=O) groups is 2. The lowest BCUT2D eigenvalue weighted by molar-refractivity contribution is -0.116. The van der Waals surface area contributed by atoms with Crippen LogP contribution in [0.4, 0.5) is 17.2 Å². The van der Waals surface area contributed by atoms with E-state index in [9.17, 15) is 14.9 Å². The first-order chi connectivity index (χ1) is 14.9. The number of nitrogens with one attached hydrogen (secondary N) is 1. The fourth-order valence-corrected chi connectivity index (χ4v) is 3.62. The summed E-state index contributed by atoms with van der Waals surface area (Å²) >= 11 is 0. The van der Waals surface area contributed by atoms with E-state index in [2.05, 4.69) is 26.2 Å². The smallest absolute Gasteiger partial charge is 0.253 e. The van der Waals surface area contributed by atoms with Crippen molar-refractivity contribution in [3.8, 4) is 6.07 Å². The van der Waals surface area contributed by atoms with Crippen LogP contribution in [0.1, 0.15) is 22.3 Å². The van der Waals surface area contributed by atoms with Gasteiger partial charge in [-0.05, 0) is 36.8 Å². The van der Waals surface area contributed by atoms with Gasteiger partial charge in [-0.15, -0.1) is 0 Å². The van der Waals surface area contributed by atoms with Gasteiger partial charge < -0.3 is 25.8 Å². The Kier molecular flexibility index (Phi) is 6.92. The van der Waals surface area contributed by atoms with Gasteiger partial charge in [0.25, 0.3) is 5.91 Å². The van der Waals surface area contributed by atoms with E-state index in [4.69, 9.17) is 5.73 Å². The van der Waals surface area contributed by atoms with Crippen molar-refractivity contribution >= 4 is 29.0 Å². The van der Waals surface area contributed by atoms with Crippen LogP contribution >= 0.6 is 0 Å². The van der Waals surface area contributed by atoms with Crippen molar-refractivity contribution < 1.29 is 9.59 Å². The first kappa shape index (κ1) is 21.9. The minimum absolute atomic E-state index is 0.0175. The Bertz CT molecular complexity index is 982. The van der Waals surface area contributed by atoms with E-state index in [0.717, 1.165) is 44.0 Å². The molecule has 0 radical (unpaired) electrons. The van der Waals surface area contributed by atoms with E-state index in [1.165, 1.54) is 0 Å². The van der Waals surface area contributed by atoms with Crippen LogP contribution in [0.25, 0.3) is 0 Å². The van der Waals surface area contributed by atoms with Crippen molar-refractivity contribution in [3.05, 3.63) is 47.7 Å². The molecular formula is C22H27N7O2. The maximum absolute atomic E-state index is 12.1. The number of benzene rings is 1. The molecule has 0 aliphatic carbocycles. The number of aromatic nitrogens is 1. The average Bonchev–Trinajstić information content (AvgIpc) is 3.03. The summed E-state index contributed by atoms with van der Waals surface area (Å²) in [5.41, 5.74) is 8.12. The van der Waals surface area contributed by atoms with Crippen molar-refractivity contribution in [2.45, 2.75) is 6.42 Å². The Labute approximate surface area is 182 Å². The highest BCUT2D eigenvalue weighted by Gasteiger charge is 2.20. The maximum Gasteiger partial charge on any atom is 0.253 e. The predicted molar refractivity (Wildman–Crippen MR) is 120 cm³/mol. The van der Waals surface area contributed by atoms with Gasteiger partial charge in [0.1, 0.15) is 17.5 Å². The average molecular weight is 422 g/mol. The quantitative estimate of drug-likeness (QED) is 0.721. The lowest BCUT2D eigenvalue weighted by Crippen LogP contribution is -2.31. The highest BCUT2D eigenvalue weighted by atomic mass is 16.2. The summed E-state index contributed by atoms with van der Waals surface area (Å²) < 4.78 is 0. The molecule has 1 fully saturated rings. The van der Waals surface area contributed by atoms with Crippen LogP contribution < -0.4 is 20.9 Å². The summed E-state index contributed by atoms with van der Waals surface area (Å²) in [4.78, 5) is 33.4. The minimum atomic E-state index is -0.514. The Morgan fingerprint density at radius 3 is 2.45 bits per heavy atom. The molecule has 3 rings (SSSR count). The molecule has 2 heterocycles. The summed E-state index contributed by atoms with van der Waals surface area (Å²) in [5, 5.41) is 12.5. The molecule has 0 spiro atoms. The lowest BCUT2D eigenvalue weighted by atomic mass is 10.1. The normalized spacial score (nSPS) is 13.8. The standard InChI is InChI=1S/C22H27N7O2/c1-27(2)22(31)16-4-6-17(7-5-16)28-10-3-11-29(13-12-28)19-8-9-25-21(18(19)14-23)26-15-20(24)30/h4-9H,3,10-13,15H2,1-2H3,(H2,24,30)(H,25,26). The van der Waals surface area contributed by atoms with Crippen molar-refractivity contribution in [1.29, 1.82) is 5.26 Å². The topological polar surface area (TPSA) is 119 Å². The number of nitriles is 1. The number of nitrogens with zero attached hydrogens (tertiary/aromatic N) is 5. The third kappa shape index (κ3) is 5.22. The molecule has 0 saturated carbocycles. The highest BCUT2D eigenvalue weighted by Crippen LogP contribution is 2.27. The second kappa shape index (κ2) is 9.80. The van der Waals surface area contributed by atoms with Crippen molar-refractivity contribution in [2.24, 2.45) is 5.73 Å². The number of amides is 2. The molecule has 3 N–H and O–H groups in total. The van der Waals surface area contributed by atoms with Crippen LogP contribution in [0.2, 0.25) is 0 Å². The van der Waals surface area contributed by atoms with Crippen LogP contribution in [-0.2, 0) is 4.79 Å². The molecule has 162 valence electrons. The van der Waals surface area contributed by atoms with E-state index in [0.29, 0.717) is 16.9 Å². The van der Waals surface area contributed by atoms with E-state index >= 15 is 0 Å². The van der Waals surface area contributed by atoms with Gasteiger partial charge in [-0.1, -0.05) is 0 Å². The van der Waals surface area contributed by atoms with Gasteiger partial charge in [-0.25, -0.2) is 4.98 Å². The van der Waals surface area contributed by atoms with Gasteiger partial charge in [-0.2, -0.15) is 5.26 Å². The Balaban J connectivity index is 1.73. The van der Waals surface area contributed by atoms with Gasteiger partial charge in [0.15, 0.2) is 0 Å². The van der Waals surface area contributed by atoms with Gasteiger partial charge >= 0.3 is 0 Å². The number of rotatable bonds is 6. The predicted octanol–water partition coefficient (Wildman–Crippen LogP) is 1.27. The zero-order valence-corrected chi connectivity index (χ0v) is 17.8. The summed E-state index contributed by atoms with van der Waals surface area (Å²) in [6, 6.07) is 11.7. The third-order valence-corrected chi connectivity index (χ3v) is 5.19.